The highest BCUT2D eigenvalue weighted by Gasteiger charge is 2.17. The molecule has 0 aliphatic rings. The molecule has 0 spiro atoms. The molecular weight excluding hydrogens is 244 g/mol. The third kappa shape index (κ3) is 11.0. The maximum absolute atomic E-state index is 11.1. The fourth-order valence-electron chi connectivity index (χ4n) is 1.97. The summed E-state index contributed by atoms with van der Waals surface area (Å²) >= 11 is 0. The minimum absolute atomic E-state index is 0.315. The molecule has 0 rings (SSSR count). The van der Waals surface area contributed by atoms with Crippen molar-refractivity contribution < 1.29 is 19.4 Å². The lowest BCUT2D eigenvalue weighted by Crippen LogP contribution is -2.29. The molecule has 4 nitrogen and oxygen atoms in total. The first-order valence-electron chi connectivity index (χ1n) is 7.56. The molecule has 4 heteroatoms. The van der Waals surface area contributed by atoms with E-state index in [0.29, 0.717) is 6.61 Å². The highest BCUT2D eigenvalue weighted by Crippen LogP contribution is 2.09. The number of carbonyl (C=O) groups excluding carboxylic acids is 1. The van der Waals surface area contributed by atoms with Gasteiger partial charge in [0, 0.05) is 6.61 Å². The third-order valence-corrected chi connectivity index (χ3v) is 3.20. The Bertz CT molecular complexity index is 206. The smallest absolute Gasteiger partial charge is 0.337 e. The summed E-state index contributed by atoms with van der Waals surface area (Å²) in [7, 11) is 1.30. The molecule has 0 saturated carbocycles. The Hall–Kier alpha value is -0.610. The lowest BCUT2D eigenvalue weighted by Gasteiger charge is -2.12. The summed E-state index contributed by atoms with van der Waals surface area (Å²) in [4.78, 5) is 11.1. The van der Waals surface area contributed by atoms with Gasteiger partial charge in [-0.25, -0.2) is 4.79 Å². The van der Waals surface area contributed by atoms with Crippen LogP contribution in [0.5, 0.6) is 0 Å². The van der Waals surface area contributed by atoms with E-state index >= 15 is 0 Å². The van der Waals surface area contributed by atoms with Gasteiger partial charge in [0.1, 0.15) is 0 Å². The highest BCUT2D eigenvalue weighted by atomic mass is 16.6. The van der Waals surface area contributed by atoms with Gasteiger partial charge in [-0.15, -0.1) is 0 Å². The average Bonchev–Trinajstić information content (AvgIpc) is 2.44. The van der Waals surface area contributed by atoms with Gasteiger partial charge in [-0.1, -0.05) is 58.3 Å². The van der Waals surface area contributed by atoms with Gasteiger partial charge in [-0.05, 0) is 6.42 Å². The fourth-order valence-corrected chi connectivity index (χ4v) is 1.97. The first kappa shape index (κ1) is 18.4. The van der Waals surface area contributed by atoms with E-state index < -0.39 is 12.1 Å². The summed E-state index contributed by atoms with van der Waals surface area (Å²) in [5.74, 6) is -0.501. The van der Waals surface area contributed by atoms with Crippen molar-refractivity contribution in [3.63, 3.8) is 0 Å². The molecule has 0 aromatic rings. The Morgan fingerprint density at radius 3 is 2.00 bits per heavy atom. The molecule has 0 bridgehead atoms. The van der Waals surface area contributed by atoms with Crippen LogP contribution in [0.15, 0.2) is 0 Å². The molecule has 0 aliphatic heterocycles. The third-order valence-electron chi connectivity index (χ3n) is 3.20. The number of hydrogen-bond donors (Lipinski definition) is 1. The standard InChI is InChI=1S/C15H30O4/c1-3-4-5-6-7-8-9-10-11-12-19-14(13-16)15(17)18-2/h14,16H,3-13H2,1-2H3/t14-/m1/s1. The molecule has 0 saturated heterocycles. The van der Waals surface area contributed by atoms with Crippen LogP contribution in [0.3, 0.4) is 0 Å². The molecule has 0 fully saturated rings. The molecule has 0 aliphatic carbocycles. The zero-order valence-electron chi connectivity index (χ0n) is 12.5. The summed E-state index contributed by atoms with van der Waals surface area (Å²) in [5, 5.41) is 8.95. The largest absolute Gasteiger partial charge is 0.467 e. The van der Waals surface area contributed by atoms with Crippen LogP contribution in [0.25, 0.3) is 0 Å². The maximum atomic E-state index is 11.1. The Morgan fingerprint density at radius 1 is 1.00 bits per heavy atom. The van der Waals surface area contributed by atoms with Crippen LogP contribution in [0.2, 0.25) is 0 Å². The summed E-state index contributed by atoms with van der Waals surface area (Å²) < 4.78 is 9.80. The number of aliphatic hydroxyl groups is 1. The van der Waals surface area contributed by atoms with Crippen molar-refractivity contribution in [1.29, 1.82) is 0 Å². The van der Waals surface area contributed by atoms with Gasteiger partial charge in [0.05, 0.1) is 13.7 Å². The van der Waals surface area contributed by atoms with E-state index in [0.717, 1.165) is 12.8 Å². The SMILES string of the molecule is CCCCCCCCCCCO[C@H](CO)C(=O)OC. The predicted octanol–water partition coefficient (Wildman–Crippen LogP) is 3.07. The van der Waals surface area contributed by atoms with Crippen LogP contribution < -0.4 is 0 Å². The van der Waals surface area contributed by atoms with Crippen molar-refractivity contribution >= 4 is 5.97 Å². The van der Waals surface area contributed by atoms with E-state index in [4.69, 9.17) is 9.84 Å². The lowest BCUT2D eigenvalue weighted by molar-refractivity contribution is -0.156. The van der Waals surface area contributed by atoms with Crippen LogP contribution in [0.4, 0.5) is 0 Å². The van der Waals surface area contributed by atoms with Crippen LogP contribution in [-0.4, -0.2) is 37.5 Å². The van der Waals surface area contributed by atoms with Gasteiger partial charge in [0.25, 0.3) is 0 Å². The summed E-state index contributed by atoms with van der Waals surface area (Å²) in [6, 6.07) is 0. The molecule has 0 heterocycles. The van der Waals surface area contributed by atoms with E-state index in [2.05, 4.69) is 11.7 Å². The van der Waals surface area contributed by atoms with Gasteiger partial charge < -0.3 is 14.6 Å². The molecule has 0 radical (unpaired) electrons. The van der Waals surface area contributed by atoms with Crippen LogP contribution in [-0.2, 0) is 14.3 Å². The summed E-state index contributed by atoms with van der Waals surface area (Å²) in [6.45, 7) is 2.42. The summed E-state index contributed by atoms with van der Waals surface area (Å²) in [6.07, 6.45) is 10.4. The Labute approximate surface area is 117 Å². The van der Waals surface area contributed by atoms with Gasteiger partial charge >= 0.3 is 5.97 Å². The number of hydrogen-bond acceptors (Lipinski definition) is 4. The van der Waals surface area contributed by atoms with Crippen molar-refractivity contribution in [3.8, 4) is 0 Å². The van der Waals surface area contributed by atoms with Gasteiger partial charge in [0.15, 0.2) is 6.10 Å². The predicted molar refractivity (Wildman–Crippen MR) is 76.1 cm³/mol. The Morgan fingerprint density at radius 2 is 1.53 bits per heavy atom. The highest BCUT2D eigenvalue weighted by molar-refractivity contribution is 5.74. The first-order chi connectivity index (χ1) is 9.26. The number of rotatable bonds is 13. The van der Waals surface area contributed by atoms with Crippen molar-refractivity contribution in [1.82, 2.24) is 0 Å². The Kier molecular flexibility index (Phi) is 13.4. The molecule has 0 aromatic carbocycles. The monoisotopic (exact) mass is 274 g/mol. The minimum atomic E-state index is -0.820. The molecule has 1 N–H and O–H groups in total. The van der Waals surface area contributed by atoms with Gasteiger partial charge in [-0.2, -0.15) is 0 Å². The van der Waals surface area contributed by atoms with E-state index in [-0.39, 0.29) is 6.61 Å². The van der Waals surface area contributed by atoms with Crippen molar-refractivity contribution in [2.45, 2.75) is 70.8 Å². The van der Waals surface area contributed by atoms with Crippen LogP contribution in [0.1, 0.15) is 64.7 Å². The number of esters is 1. The average molecular weight is 274 g/mol. The first-order valence-corrected chi connectivity index (χ1v) is 7.56. The van der Waals surface area contributed by atoms with Gasteiger partial charge in [-0.3, -0.25) is 0 Å². The van der Waals surface area contributed by atoms with Crippen molar-refractivity contribution in [2.24, 2.45) is 0 Å². The number of carbonyl (C=O) groups is 1. The van der Waals surface area contributed by atoms with Crippen molar-refractivity contribution in [3.05, 3.63) is 0 Å². The molecular formula is C15H30O4. The van der Waals surface area contributed by atoms with Crippen molar-refractivity contribution in [2.75, 3.05) is 20.3 Å². The zero-order valence-corrected chi connectivity index (χ0v) is 12.5. The second-order valence-electron chi connectivity index (χ2n) is 4.89. The van der Waals surface area contributed by atoms with Crippen LogP contribution in [0, 0.1) is 0 Å². The number of aliphatic hydroxyl groups excluding tert-OH is 1. The molecule has 19 heavy (non-hydrogen) atoms. The summed E-state index contributed by atoms with van der Waals surface area (Å²) in [5.41, 5.74) is 0. The normalized spacial score (nSPS) is 12.4. The lowest BCUT2D eigenvalue weighted by atomic mass is 10.1. The molecule has 1 atom stereocenters. The quantitative estimate of drug-likeness (QED) is 0.414. The minimum Gasteiger partial charge on any atom is -0.467 e. The second-order valence-corrected chi connectivity index (χ2v) is 4.89. The van der Waals surface area contributed by atoms with E-state index in [9.17, 15) is 4.79 Å². The zero-order chi connectivity index (χ0) is 14.3. The van der Waals surface area contributed by atoms with Crippen LogP contribution >= 0.6 is 0 Å². The molecule has 114 valence electrons. The molecule has 0 aromatic heterocycles. The van der Waals surface area contributed by atoms with E-state index in [1.165, 1.54) is 52.1 Å². The maximum Gasteiger partial charge on any atom is 0.337 e. The fraction of sp³-hybridized carbons (Fsp3) is 0.933. The second kappa shape index (κ2) is 13.8. The van der Waals surface area contributed by atoms with Gasteiger partial charge in [0.2, 0.25) is 0 Å². The number of ether oxygens (including phenoxy) is 2. The molecule has 0 amide bonds. The van der Waals surface area contributed by atoms with E-state index in [1.807, 2.05) is 0 Å². The Balaban J connectivity index is 3.28. The molecule has 0 unspecified atom stereocenters. The topological polar surface area (TPSA) is 55.8 Å². The number of methoxy groups -OCH3 is 1. The van der Waals surface area contributed by atoms with E-state index in [1.54, 1.807) is 0 Å². The number of unbranched alkanes of at least 4 members (excludes halogenated alkanes) is 8.